The molecule has 4 fully saturated rings. The minimum Gasteiger partial charge on any atom is -0.355 e. The molecule has 1 radical (unpaired) electrons. The molecule has 0 spiro atoms. The van der Waals surface area contributed by atoms with Crippen LogP contribution in [0.25, 0.3) is 0 Å². The van der Waals surface area contributed by atoms with E-state index < -0.39 is 0 Å². The monoisotopic (exact) mass is 263 g/mol. The van der Waals surface area contributed by atoms with Gasteiger partial charge in [0.15, 0.2) is 0 Å². The summed E-state index contributed by atoms with van der Waals surface area (Å²) in [7, 11) is 0. The summed E-state index contributed by atoms with van der Waals surface area (Å²) in [5, 5.41) is 11.6. The molecule has 4 rings (SSSR count). The maximum absolute atomic E-state index is 12.4. The molecule has 0 aromatic heterocycles. The fourth-order valence-electron chi connectivity index (χ4n) is 4.73. The van der Waals surface area contributed by atoms with Gasteiger partial charge in [-0.05, 0) is 31.6 Å². The van der Waals surface area contributed by atoms with Crippen molar-refractivity contribution in [3.05, 3.63) is 0 Å². The van der Waals surface area contributed by atoms with E-state index in [-0.39, 0.29) is 17.6 Å². The lowest BCUT2D eigenvalue weighted by molar-refractivity contribution is -0.129. The Hall–Kier alpha value is -0.650. The van der Waals surface area contributed by atoms with Gasteiger partial charge in [0.05, 0.1) is 6.04 Å². The van der Waals surface area contributed by atoms with Gasteiger partial charge in [-0.15, -0.1) is 0 Å². The molecular formula is C14H23N4O. The number of hydrogen-bond donors (Lipinski definition) is 2. The third-order valence-corrected chi connectivity index (χ3v) is 5.63. The number of nitrogens with one attached hydrogen (secondary N) is 2. The van der Waals surface area contributed by atoms with Crippen molar-refractivity contribution >= 4 is 5.91 Å². The lowest BCUT2D eigenvalue weighted by Crippen LogP contribution is -2.62. The van der Waals surface area contributed by atoms with Gasteiger partial charge in [-0.1, -0.05) is 0 Å². The second-order valence-corrected chi connectivity index (χ2v) is 6.50. The molecule has 4 saturated heterocycles. The Balaban J connectivity index is 1.65. The van der Waals surface area contributed by atoms with E-state index >= 15 is 0 Å². The summed E-state index contributed by atoms with van der Waals surface area (Å²) < 4.78 is 0. The van der Waals surface area contributed by atoms with Gasteiger partial charge in [0.2, 0.25) is 5.91 Å². The molecule has 1 amide bonds. The predicted octanol–water partition coefficient (Wildman–Crippen LogP) is -0.489. The molecule has 5 heteroatoms. The van der Waals surface area contributed by atoms with Gasteiger partial charge < -0.3 is 10.6 Å². The Morgan fingerprint density at radius 2 is 2.26 bits per heavy atom. The van der Waals surface area contributed by atoms with Gasteiger partial charge >= 0.3 is 0 Å². The van der Waals surface area contributed by atoms with Gasteiger partial charge in [-0.2, -0.15) is 0 Å². The van der Waals surface area contributed by atoms with Gasteiger partial charge in [-0.25, -0.2) is 5.32 Å². The molecule has 4 aliphatic heterocycles. The standard InChI is InChI=1S/C14H23N4O/c19-13-12-10(2-1-5-16-13)4-7-18(12)14-9-15-8-11(14)3-6-17-14/h10-12,15H,1-9H2,(H,16,19). The average molecular weight is 263 g/mol. The fraction of sp³-hybridized carbons (Fsp3) is 0.929. The van der Waals surface area contributed by atoms with Crippen LogP contribution in [0.5, 0.6) is 0 Å². The van der Waals surface area contributed by atoms with Crippen LogP contribution >= 0.6 is 0 Å². The highest BCUT2D eigenvalue weighted by atomic mass is 16.2. The predicted molar refractivity (Wildman–Crippen MR) is 71.6 cm³/mol. The number of rotatable bonds is 1. The van der Waals surface area contributed by atoms with Crippen molar-refractivity contribution < 1.29 is 4.79 Å². The van der Waals surface area contributed by atoms with Crippen LogP contribution in [-0.2, 0) is 4.79 Å². The summed E-state index contributed by atoms with van der Waals surface area (Å²) in [5.74, 6) is 1.42. The van der Waals surface area contributed by atoms with Crippen LogP contribution in [0.2, 0.25) is 0 Å². The molecule has 0 bridgehead atoms. The van der Waals surface area contributed by atoms with Crippen LogP contribution in [-0.4, -0.2) is 55.2 Å². The first-order valence-corrected chi connectivity index (χ1v) is 7.75. The van der Waals surface area contributed by atoms with E-state index in [0.717, 1.165) is 39.1 Å². The van der Waals surface area contributed by atoms with Crippen LogP contribution in [0, 0.1) is 11.8 Å². The number of carbonyl (C=O) groups excluding carboxylic acids is 1. The Morgan fingerprint density at radius 1 is 1.32 bits per heavy atom. The van der Waals surface area contributed by atoms with Crippen molar-refractivity contribution in [2.75, 3.05) is 32.7 Å². The Morgan fingerprint density at radius 3 is 3.21 bits per heavy atom. The molecule has 0 aliphatic carbocycles. The number of nitrogens with zero attached hydrogens (tertiary/aromatic N) is 2. The topological polar surface area (TPSA) is 58.5 Å². The summed E-state index contributed by atoms with van der Waals surface area (Å²) in [5.41, 5.74) is -0.0684. The maximum atomic E-state index is 12.4. The zero-order valence-electron chi connectivity index (χ0n) is 11.4. The highest BCUT2D eigenvalue weighted by Gasteiger charge is 2.57. The van der Waals surface area contributed by atoms with E-state index in [2.05, 4.69) is 15.5 Å². The third kappa shape index (κ3) is 1.68. The first-order valence-electron chi connectivity index (χ1n) is 7.75. The molecule has 4 heterocycles. The number of amides is 1. The summed E-state index contributed by atoms with van der Waals surface area (Å²) in [6.45, 7) is 4.88. The molecule has 4 unspecified atom stereocenters. The highest BCUT2D eigenvalue weighted by Crippen LogP contribution is 2.42. The molecule has 0 aromatic rings. The van der Waals surface area contributed by atoms with Crippen LogP contribution in [0.1, 0.15) is 25.7 Å². The Bertz CT molecular complexity index is 376. The smallest absolute Gasteiger partial charge is 0.237 e. The van der Waals surface area contributed by atoms with Crippen molar-refractivity contribution in [2.45, 2.75) is 37.4 Å². The van der Waals surface area contributed by atoms with Crippen LogP contribution < -0.4 is 16.0 Å². The summed E-state index contributed by atoms with van der Waals surface area (Å²) in [6.07, 6.45) is 4.67. The van der Waals surface area contributed by atoms with Crippen LogP contribution in [0.4, 0.5) is 0 Å². The zero-order valence-corrected chi connectivity index (χ0v) is 11.4. The first-order chi connectivity index (χ1) is 9.31. The Labute approximate surface area is 114 Å². The normalized spacial score (nSPS) is 46.7. The van der Waals surface area contributed by atoms with Crippen LogP contribution in [0.3, 0.4) is 0 Å². The summed E-state index contributed by atoms with van der Waals surface area (Å²) >= 11 is 0. The van der Waals surface area contributed by atoms with Crippen molar-refractivity contribution in [3.63, 3.8) is 0 Å². The molecule has 4 atom stereocenters. The quantitative estimate of drug-likeness (QED) is 0.671. The van der Waals surface area contributed by atoms with E-state index in [1.54, 1.807) is 0 Å². The Kier molecular flexibility index (Phi) is 2.83. The second-order valence-electron chi connectivity index (χ2n) is 6.50. The van der Waals surface area contributed by atoms with E-state index in [1.807, 2.05) is 0 Å². The minimum atomic E-state index is -0.0684. The van der Waals surface area contributed by atoms with Crippen molar-refractivity contribution in [1.29, 1.82) is 0 Å². The van der Waals surface area contributed by atoms with Crippen molar-refractivity contribution in [1.82, 2.24) is 20.9 Å². The fourth-order valence-corrected chi connectivity index (χ4v) is 4.73. The van der Waals surface area contributed by atoms with E-state index in [4.69, 9.17) is 5.32 Å². The highest BCUT2D eigenvalue weighted by molar-refractivity contribution is 5.82. The van der Waals surface area contributed by atoms with E-state index in [9.17, 15) is 4.79 Å². The van der Waals surface area contributed by atoms with Gasteiger partial charge in [-0.3, -0.25) is 9.69 Å². The molecule has 105 valence electrons. The molecule has 0 aromatic carbocycles. The van der Waals surface area contributed by atoms with Crippen LogP contribution in [0.15, 0.2) is 0 Å². The molecule has 2 N–H and O–H groups in total. The molecular weight excluding hydrogens is 240 g/mol. The third-order valence-electron chi connectivity index (χ3n) is 5.63. The van der Waals surface area contributed by atoms with Crippen molar-refractivity contribution in [3.8, 4) is 0 Å². The number of fused-ring (bicyclic) bond motifs is 2. The minimum absolute atomic E-state index is 0.0684. The summed E-state index contributed by atoms with van der Waals surface area (Å²) in [6, 6.07) is 0.0757. The van der Waals surface area contributed by atoms with E-state index in [1.165, 1.54) is 19.3 Å². The molecule has 19 heavy (non-hydrogen) atoms. The SMILES string of the molecule is O=C1NCCCC2CCN(C34CNCC3CC[N]4)C12. The maximum Gasteiger partial charge on any atom is 0.237 e. The zero-order chi connectivity index (χ0) is 12.9. The van der Waals surface area contributed by atoms with Gasteiger partial charge in [0, 0.05) is 38.6 Å². The second kappa shape index (κ2) is 4.43. The lowest BCUT2D eigenvalue weighted by atomic mass is 9.92. The lowest BCUT2D eigenvalue weighted by Gasteiger charge is -2.41. The number of hydrogen-bond acceptors (Lipinski definition) is 3. The largest absolute Gasteiger partial charge is 0.355 e. The van der Waals surface area contributed by atoms with E-state index in [0.29, 0.717) is 11.8 Å². The average Bonchev–Trinajstić information content (AvgIpc) is 3.04. The number of carbonyl (C=O) groups is 1. The first kappa shape index (κ1) is 12.1. The summed E-state index contributed by atoms with van der Waals surface area (Å²) in [4.78, 5) is 14.9. The molecule has 0 saturated carbocycles. The molecule has 5 nitrogen and oxygen atoms in total. The van der Waals surface area contributed by atoms with Gasteiger partial charge in [0.25, 0.3) is 0 Å². The van der Waals surface area contributed by atoms with Gasteiger partial charge in [0.1, 0.15) is 5.66 Å². The number of likely N-dealkylation sites (tertiary alicyclic amines) is 1. The van der Waals surface area contributed by atoms with Crippen molar-refractivity contribution in [2.24, 2.45) is 11.8 Å². The molecule has 4 aliphatic rings.